The summed E-state index contributed by atoms with van der Waals surface area (Å²) in [5, 5.41) is 2.87. The van der Waals surface area contributed by atoms with E-state index in [1.165, 1.54) is 0 Å². The normalized spacial score (nSPS) is 12.8. The Kier molecular flexibility index (Phi) is 8.90. The zero-order chi connectivity index (χ0) is 15.9. The molecular formula is C16H27ClN2O3. The molecule has 0 bridgehead atoms. The highest BCUT2D eigenvalue weighted by Gasteiger charge is 2.26. The number of benzene rings is 1. The molecule has 0 aliphatic rings. The average molecular weight is 331 g/mol. The van der Waals surface area contributed by atoms with E-state index in [2.05, 4.69) is 5.32 Å². The van der Waals surface area contributed by atoms with Gasteiger partial charge in [0, 0.05) is 6.54 Å². The fourth-order valence-corrected chi connectivity index (χ4v) is 2.12. The summed E-state index contributed by atoms with van der Waals surface area (Å²) in [6, 6.07) is 5.60. The first-order chi connectivity index (χ1) is 9.94. The smallest absolute Gasteiger partial charge is 0.240 e. The van der Waals surface area contributed by atoms with Gasteiger partial charge in [0.05, 0.1) is 19.3 Å². The van der Waals surface area contributed by atoms with Crippen LogP contribution >= 0.6 is 12.4 Å². The third-order valence-corrected chi connectivity index (χ3v) is 3.27. The van der Waals surface area contributed by atoms with E-state index in [1.54, 1.807) is 14.0 Å². The number of hydrogen-bond donors (Lipinski definition) is 2. The van der Waals surface area contributed by atoms with E-state index in [0.29, 0.717) is 31.1 Å². The lowest BCUT2D eigenvalue weighted by Gasteiger charge is -2.23. The number of nitrogens with two attached hydrogens (primary N) is 1. The summed E-state index contributed by atoms with van der Waals surface area (Å²) in [5.41, 5.74) is 6.12. The minimum Gasteiger partial charge on any atom is -0.493 e. The second-order valence-electron chi connectivity index (χ2n) is 5.27. The van der Waals surface area contributed by atoms with E-state index >= 15 is 0 Å². The van der Waals surface area contributed by atoms with Gasteiger partial charge in [0.15, 0.2) is 11.5 Å². The quantitative estimate of drug-likeness (QED) is 0.768. The topological polar surface area (TPSA) is 73.6 Å². The van der Waals surface area contributed by atoms with Crippen molar-refractivity contribution >= 4 is 18.3 Å². The van der Waals surface area contributed by atoms with Crippen LogP contribution in [0.15, 0.2) is 18.2 Å². The number of carbonyl (C=O) groups is 1. The molecule has 1 unspecified atom stereocenters. The maximum absolute atomic E-state index is 12.1. The van der Waals surface area contributed by atoms with Crippen molar-refractivity contribution in [3.8, 4) is 11.5 Å². The van der Waals surface area contributed by atoms with Crippen molar-refractivity contribution in [3.05, 3.63) is 23.8 Å². The minimum absolute atomic E-state index is 0. The second-order valence-corrected chi connectivity index (χ2v) is 5.27. The molecule has 0 heterocycles. The maximum atomic E-state index is 12.1. The Morgan fingerprint density at radius 1 is 1.32 bits per heavy atom. The van der Waals surface area contributed by atoms with Gasteiger partial charge in [-0.05, 0) is 38.0 Å². The Morgan fingerprint density at radius 2 is 2.00 bits per heavy atom. The summed E-state index contributed by atoms with van der Waals surface area (Å²) in [6.07, 6.45) is 1.53. The number of rotatable bonds is 8. The molecule has 1 aromatic rings. The van der Waals surface area contributed by atoms with E-state index in [-0.39, 0.29) is 18.3 Å². The lowest BCUT2D eigenvalue weighted by atomic mass is 9.96. The molecule has 0 aliphatic heterocycles. The maximum Gasteiger partial charge on any atom is 0.240 e. The third-order valence-electron chi connectivity index (χ3n) is 3.27. The first kappa shape index (κ1) is 20.5. The summed E-state index contributed by atoms with van der Waals surface area (Å²) in [5.74, 6) is 1.22. The number of methoxy groups -OCH3 is 1. The van der Waals surface area contributed by atoms with Crippen LogP contribution in [-0.2, 0) is 11.3 Å². The van der Waals surface area contributed by atoms with Gasteiger partial charge in [-0.25, -0.2) is 0 Å². The van der Waals surface area contributed by atoms with E-state index in [0.717, 1.165) is 12.0 Å². The largest absolute Gasteiger partial charge is 0.493 e. The van der Waals surface area contributed by atoms with E-state index < -0.39 is 5.54 Å². The standard InChI is InChI=1S/C16H26N2O3.ClH/c1-5-9-16(3,17)15(19)18-11-12-7-8-13(20-4)14(10-12)21-6-2;/h7-8,10H,5-6,9,11,17H2,1-4H3,(H,18,19);1H. The second kappa shape index (κ2) is 9.54. The molecule has 0 spiro atoms. The molecule has 1 amide bonds. The summed E-state index contributed by atoms with van der Waals surface area (Å²) >= 11 is 0. The number of nitrogens with one attached hydrogen (secondary N) is 1. The predicted octanol–water partition coefficient (Wildman–Crippen LogP) is 2.65. The molecule has 1 aromatic carbocycles. The van der Waals surface area contributed by atoms with Gasteiger partial charge < -0.3 is 20.5 Å². The third kappa shape index (κ3) is 5.73. The van der Waals surface area contributed by atoms with Crippen LogP contribution in [0.3, 0.4) is 0 Å². The zero-order valence-electron chi connectivity index (χ0n) is 13.8. The van der Waals surface area contributed by atoms with Gasteiger partial charge in [0.1, 0.15) is 0 Å². The van der Waals surface area contributed by atoms with Crippen LogP contribution in [0.4, 0.5) is 0 Å². The highest BCUT2D eigenvalue weighted by molar-refractivity contribution is 5.85. The van der Waals surface area contributed by atoms with E-state index in [9.17, 15) is 4.79 Å². The van der Waals surface area contributed by atoms with Crippen LogP contribution in [0.25, 0.3) is 0 Å². The highest BCUT2D eigenvalue weighted by Crippen LogP contribution is 2.28. The monoisotopic (exact) mass is 330 g/mol. The molecule has 0 radical (unpaired) electrons. The summed E-state index contributed by atoms with van der Waals surface area (Å²) in [4.78, 5) is 12.1. The van der Waals surface area contributed by atoms with Gasteiger partial charge in [-0.3, -0.25) is 4.79 Å². The highest BCUT2D eigenvalue weighted by atomic mass is 35.5. The fraction of sp³-hybridized carbons (Fsp3) is 0.562. The van der Waals surface area contributed by atoms with Crippen LogP contribution in [0, 0.1) is 0 Å². The van der Waals surface area contributed by atoms with Crippen molar-refractivity contribution < 1.29 is 14.3 Å². The number of hydrogen-bond acceptors (Lipinski definition) is 4. The average Bonchev–Trinajstić information content (AvgIpc) is 2.45. The SMILES string of the molecule is CCCC(C)(N)C(=O)NCc1ccc(OC)c(OCC)c1.Cl. The molecule has 22 heavy (non-hydrogen) atoms. The lowest BCUT2D eigenvalue weighted by molar-refractivity contribution is -0.126. The number of halogens is 1. The van der Waals surface area contributed by atoms with Crippen molar-refractivity contribution in [2.24, 2.45) is 5.73 Å². The molecule has 0 saturated carbocycles. The zero-order valence-corrected chi connectivity index (χ0v) is 14.6. The van der Waals surface area contributed by atoms with Gasteiger partial charge >= 0.3 is 0 Å². The van der Waals surface area contributed by atoms with Crippen molar-refractivity contribution in [2.45, 2.75) is 45.7 Å². The van der Waals surface area contributed by atoms with Crippen LogP contribution in [0.1, 0.15) is 39.2 Å². The van der Waals surface area contributed by atoms with Gasteiger partial charge in [-0.2, -0.15) is 0 Å². The first-order valence-corrected chi connectivity index (χ1v) is 7.31. The lowest BCUT2D eigenvalue weighted by Crippen LogP contribution is -2.51. The molecule has 0 fully saturated rings. The molecule has 1 rings (SSSR count). The van der Waals surface area contributed by atoms with Gasteiger partial charge in [-0.15, -0.1) is 12.4 Å². The van der Waals surface area contributed by atoms with Crippen molar-refractivity contribution in [1.29, 1.82) is 0 Å². The molecule has 0 aromatic heterocycles. The molecule has 0 aliphatic carbocycles. The van der Waals surface area contributed by atoms with Crippen LogP contribution in [0.2, 0.25) is 0 Å². The summed E-state index contributed by atoms with van der Waals surface area (Å²) in [6.45, 7) is 6.66. The van der Waals surface area contributed by atoms with Gasteiger partial charge in [-0.1, -0.05) is 19.4 Å². The van der Waals surface area contributed by atoms with Gasteiger partial charge in [0.25, 0.3) is 0 Å². The number of amides is 1. The molecular weight excluding hydrogens is 304 g/mol. The first-order valence-electron chi connectivity index (χ1n) is 7.31. The Hall–Kier alpha value is -1.46. The van der Waals surface area contributed by atoms with E-state index in [4.69, 9.17) is 15.2 Å². The minimum atomic E-state index is -0.829. The Labute approximate surface area is 139 Å². The predicted molar refractivity (Wildman–Crippen MR) is 90.8 cm³/mol. The van der Waals surface area contributed by atoms with Crippen molar-refractivity contribution in [2.75, 3.05) is 13.7 Å². The van der Waals surface area contributed by atoms with Crippen LogP contribution < -0.4 is 20.5 Å². The van der Waals surface area contributed by atoms with Crippen molar-refractivity contribution in [1.82, 2.24) is 5.32 Å². The molecule has 5 nitrogen and oxygen atoms in total. The Morgan fingerprint density at radius 3 is 2.55 bits per heavy atom. The molecule has 6 heteroatoms. The number of ether oxygens (including phenoxy) is 2. The van der Waals surface area contributed by atoms with Crippen LogP contribution in [0.5, 0.6) is 11.5 Å². The summed E-state index contributed by atoms with van der Waals surface area (Å²) in [7, 11) is 1.60. The molecule has 3 N–H and O–H groups in total. The Bertz CT molecular complexity index is 478. The molecule has 0 saturated heterocycles. The Balaban J connectivity index is 0.00000441. The fourth-order valence-electron chi connectivity index (χ4n) is 2.12. The number of carbonyl (C=O) groups excluding carboxylic acids is 1. The van der Waals surface area contributed by atoms with Crippen LogP contribution in [-0.4, -0.2) is 25.2 Å². The molecule has 126 valence electrons. The van der Waals surface area contributed by atoms with Crippen molar-refractivity contribution in [3.63, 3.8) is 0 Å². The summed E-state index contributed by atoms with van der Waals surface area (Å²) < 4.78 is 10.8. The molecule has 1 atom stereocenters. The van der Waals surface area contributed by atoms with E-state index in [1.807, 2.05) is 32.0 Å². The van der Waals surface area contributed by atoms with Gasteiger partial charge in [0.2, 0.25) is 5.91 Å².